The monoisotopic (exact) mass is 412 g/mol. The van der Waals surface area contributed by atoms with Crippen LogP contribution in [0.4, 0.5) is 0 Å². The van der Waals surface area contributed by atoms with Crippen LogP contribution in [0, 0.1) is 6.92 Å². The van der Waals surface area contributed by atoms with Gasteiger partial charge in [0.25, 0.3) is 5.91 Å². The quantitative estimate of drug-likeness (QED) is 0.757. The maximum Gasteiger partial charge on any atom is 0.260 e. The van der Waals surface area contributed by atoms with Gasteiger partial charge in [-0.05, 0) is 37.8 Å². The minimum absolute atomic E-state index is 0.0120. The number of rotatable bonds is 2. The van der Waals surface area contributed by atoms with Crippen molar-refractivity contribution in [2.45, 2.75) is 44.9 Å². The highest BCUT2D eigenvalue weighted by Crippen LogP contribution is 2.24. The predicted molar refractivity (Wildman–Crippen MR) is 114 cm³/mol. The van der Waals surface area contributed by atoms with Gasteiger partial charge in [-0.3, -0.25) is 14.4 Å². The molecule has 1 amide bonds. The first-order valence-corrected chi connectivity index (χ1v) is 10.8. The molecule has 1 fully saturated rings. The van der Waals surface area contributed by atoms with E-state index in [-0.39, 0.29) is 24.7 Å². The van der Waals surface area contributed by atoms with Gasteiger partial charge >= 0.3 is 0 Å². The van der Waals surface area contributed by atoms with Gasteiger partial charge in [0.2, 0.25) is 0 Å². The van der Waals surface area contributed by atoms with Gasteiger partial charge < -0.3 is 14.4 Å². The maximum absolute atomic E-state index is 12.9. The van der Waals surface area contributed by atoms with E-state index in [0.29, 0.717) is 6.61 Å². The Balaban J connectivity index is 1.47. The van der Waals surface area contributed by atoms with Crippen molar-refractivity contribution in [2.75, 3.05) is 33.4 Å². The molecule has 1 saturated heterocycles. The first kappa shape index (κ1) is 20.9. The van der Waals surface area contributed by atoms with Crippen molar-refractivity contribution in [1.82, 2.24) is 19.6 Å². The summed E-state index contributed by atoms with van der Waals surface area (Å²) in [5.41, 5.74) is 3.56. The van der Waals surface area contributed by atoms with Gasteiger partial charge in [-0.1, -0.05) is 18.2 Å². The zero-order valence-corrected chi connectivity index (χ0v) is 18.2. The second-order valence-corrected chi connectivity index (χ2v) is 8.41. The topological polar surface area (TPSA) is 59.8 Å². The normalized spacial score (nSPS) is 23.7. The Labute approximate surface area is 178 Å². The van der Waals surface area contributed by atoms with E-state index >= 15 is 0 Å². The Kier molecular flexibility index (Phi) is 6.39. The number of ether oxygens (including phenoxy) is 2. The molecule has 2 atom stereocenters. The van der Waals surface area contributed by atoms with Crippen LogP contribution in [0.5, 0.6) is 5.75 Å². The first-order chi connectivity index (χ1) is 14.5. The van der Waals surface area contributed by atoms with Gasteiger partial charge in [-0.25, -0.2) is 0 Å². The molecule has 4 rings (SSSR count). The standard InChI is InChI=1S/C23H32N4O3/c1-17-19(12-24-26(17)3)13-27-14-20-22(15-27)29-11-7-6-9-18-8-4-5-10-21(18)30-16-23(28)25(20)2/h4-5,8,10,12,20,22H,6-7,9,11,13-16H2,1-3H3/t20-,22-/m1/s1. The average Bonchev–Trinajstić information content (AvgIpc) is 3.29. The van der Waals surface area contributed by atoms with Crippen LogP contribution in [0.15, 0.2) is 30.5 Å². The number of fused-ring (bicyclic) bond motifs is 2. The number of carbonyl (C=O) groups is 1. The second kappa shape index (κ2) is 9.18. The summed E-state index contributed by atoms with van der Waals surface area (Å²) in [6.07, 6.45) is 4.92. The van der Waals surface area contributed by atoms with Crippen molar-refractivity contribution in [3.63, 3.8) is 0 Å². The Morgan fingerprint density at radius 2 is 2.00 bits per heavy atom. The number of amides is 1. The zero-order valence-electron chi connectivity index (χ0n) is 18.2. The smallest absolute Gasteiger partial charge is 0.260 e. The Hall–Kier alpha value is -2.38. The Bertz CT molecular complexity index is 881. The third kappa shape index (κ3) is 4.52. The van der Waals surface area contributed by atoms with E-state index in [2.05, 4.69) is 23.0 Å². The molecule has 2 aliphatic rings. The van der Waals surface area contributed by atoms with Crippen molar-refractivity contribution < 1.29 is 14.3 Å². The van der Waals surface area contributed by atoms with Crippen LogP contribution >= 0.6 is 0 Å². The molecule has 2 aliphatic heterocycles. The lowest BCUT2D eigenvalue weighted by molar-refractivity contribution is -0.136. The average molecular weight is 413 g/mol. The van der Waals surface area contributed by atoms with Crippen molar-refractivity contribution in [3.8, 4) is 5.75 Å². The predicted octanol–water partition coefficient (Wildman–Crippen LogP) is 2.17. The minimum Gasteiger partial charge on any atom is -0.483 e. The zero-order chi connectivity index (χ0) is 21.1. The fraction of sp³-hybridized carbons (Fsp3) is 0.565. The van der Waals surface area contributed by atoms with Crippen LogP contribution < -0.4 is 4.74 Å². The molecule has 0 bridgehead atoms. The lowest BCUT2D eigenvalue weighted by Gasteiger charge is -2.29. The van der Waals surface area contributed by atoms with Crippen LogP contribution in [-0.2, 0) is 29.5 Å². The number of aromatic nitrogens is 2. The molecule has 0 N–H and O–H groups in total. The van der Waals surface area contributed by atoms with Crippen molar-refractivity contribution >= 4 is 5.91 Å². The van der Waals surface area contributed by atoms with Gasteiger partial charge in [0, 0.05) is 51.6 Å². The number of likely N-dealkylation sites (tertiary alicyclic amines) is 1. The maximum atomic E-state index is 12.9. The summed E-state index contributed by atoms with van der Waals surface area (Å²) in [5.74, 6) is 0.804. The van der Waals surface area contributed by atoms with Crippen LogP contribution in [-0.4, -0.2) is 71.0 Å². The van der Waals surface area contributed by atoms with Crippen molar-refractivity contribution in [1.29, 1.82) is 0 Å². The molecule has 0 spiro atoms. The van der Waals surface area contributed by atoms with Gasteiger partial charge in [0.15, 0.2) is 6.61 Å². The van der Waals surface area contributed by atoms with E-state index < -0.39 is 0 Å². The molecule has 7 heteroatoms. The van der Waals surface area contributed by atoms with E-state index in [1.165, 1.54) is 11.3 Å². The van der Waals surface area contributed by atoms with E-state index in [1.807, 2.05) is 48.1 Å². The van der Waals surface area contributed by atoms with Crippen LogP contribution in [0.2, 0.25) is 0 Å². The van der Waals surface area contributed by atoms with E-state index in [1.54, 1.807) is 0 Å². The number of aryl methyl sites for hydroxylation is 2. The summed E-state index contributed by atoms with van der Waals surface area (Å²) < 4.78 is 14.1. The SMILES string of the molecule is Cc1c(CN2C[C@@H]3[C@@H](C2)OCCCCc2ccccc2OCC(=O)N3C)cnn1C. The second-order valence-electron chi connectivity index (χ2n) is 8.41. The number of benzene rings is 1. The summed E-state index contributed by atoms with van der Waals surface area (Å²) >= 11 is 0. The van der Waals surface area contributed by atoms with Gasteiger partial charge in [-0.2, -0.15) is 5.10 Å². The molecule has 0 radical (unpaired) electrons. The fourth-order valence-electron chi connectivity index (χ4n) is 4.37. The van der Waals surface area contributed by atoms with E-state index in [4.69, 9.17) is 9.47 Å². The molecule has 3 heterocycles. The van der Waals surface area contributed by atoms with Crippen molar-refractivity contribution in [3.05, 3.63) is 47.3 Å². The summed E-state index contributed by atoms with van der Waals surface area (Å²) in [6.45, 7) is 5.29. The highest BCUT2D eigenvalue weighted by atomic mass is 16.5. The first-order valence-electron chi connectivity index (χ1n) is 10.8. The third-order valence-corrected chi connectivity index (χ3v) is 6.43. The van der Waals surface area contributed by atoms with Crippen LogP contribution in [0.1, 0.15) is 29.7 Å². The summed E-state index contributed by atoms with van der Waals surface area (Å²) in [5, 5.41) is 4.36. The number of carbonyl (C=O) groups excluding carboxylic acids is 1. The number of hydrogen-bond acceptors (Lipinski definition) is 5. The van der Waals surface area contributed by atoms with Crippen molar-refractivity contribution in [2.24, 2.45) is 7.05 Å². The Morgan fingerprint density at radius 3 is 2.80 bits per heavy atom. The molecular formula is C23H32N4O3. The lowest BCUT2D eigenvalue weighted by atomic mass is 10.1. The van der Waals surface area contributed by atoms with Gasteiger partial charge in [-0.15, -0.1) is 0 Å². The molecule has 2 aromatic rings. The number of para-hydroxylation sites is 1. The third-order valence-electron chi connectivity index (χ3n) is 6.43. The minimum atomic E-state index is -0.0120. The molecule has 7 nitrogen and oxygen atoms in total. The molecule has 0 saturated carbocycles. The molecule has 0 aliphatic carbocycles. The molecule has 162 valence electrons. The highest BCUT2D eigenvalue weighted by molar-refractivity contribution is 5.78. The van der Waals surface area contributed by atoms with Gasteiger partial charge in [0.05, 0.1) is 18.3 Å². The molecule has 30 heavy (non-hydrogen) atoms. The molecular weight excluding hydrogens is 380 g/mol. The largest absolute Gasteiger partial charge is 0.483 e. The van der Waals surface area contributed by atoms with E-state index in [0.717, 1.165) is 50.2 Å². The van der Waals surface area contributed by atoms with Crippen LogP contribution in [0.25, 0.3) is 0 Å². The summed E-state index contributed by atoms with van der Waals surface area (Å²) in [7, 11) is 3.84. The lowest BCUT2D eigenvalue weighted by Crippen LogP contribution is -2.47. The molecule has 1 aromatic carbocycles. The Morgan fingerprint density at radius 1 is 1.17 bits per heavy atom. The number of hydrogen-bond donors (Lipinski definition) is 0. The molecule has 0 unspecified atom stereocenters. The summed E-state index contributed by atoms with van der Waals surface area (Å²) in [6, 6.07) is 8.04. The summed E-state index contributed by atoms with van der Waals surface area (Å²) in [4.78, 5) is 17.1. The van der Waals surface area contributed by atoms with E-state index in [9.17, 15) is 4.79 Å². The fourth-order valence-corrected chi connectivity index (χ4v) is 4.37. The van der Waals surface area contributed by atoms with Crippen LogP contribution in [0.3, 0.4) is 0 Å². The highest BCUT2D eigenvalue weighted by Gasteiger charge is 2.38. The number of likely N-dealkylation sites (N-methyl/N-ethyl adjacent to an activating group) is 1. The molecule has 1 aromatic heterocycles. The number of nitrogens with zero attached hydrogens (tertiary/aromatic N) is 4. The van der Waals surface area contributed by atoms with Gasteiger partial charge in [0.1, 0.15) is 5.75 Å².